The van der Waals surface area contributed by atoms with E-state index in [0.717, 1.165) is 34.0 Å². The van der Waals surface area contributed by atoms with E-state index in [9.17, 15) is 4.79 Å². The molecule has 26 heavy (non-hydrogen) atoms. The van der Waals surface area contributed by atoms with Gasteiger partial charge in [0.25, 0.3) is 0 Å². The summed E-state index contributed by atoms with van der Waals surface area (Å²) in [6.07, 6.45) is 2.71. The smallest absolute Gasteiger partial charge is 0.188 e. The van der Waals surface area contributed by atoms with Gasteiger partial charge in [-0.25, -0.2) is 0 Å². The van der Waals surface area contributed by atoms with Gasteiger partial charge in [-0.2, -0.15) is 0 Å². The molecule has 0 atom stereocenters. The molecule has 1 heterocycles. The molecule has 0 aromatic heterocycles. The fraction of sp³-hybridized carbons (Fsp3) is 0.208. The maximum Gasteiger partial charge on any atom is 0.188 e. The highest BCUT2D eigenvalue weighted by molar-refractivity contribution is 6.16. The fourth-order valence-electron chi connectivity index (χ4n) is 3.88. The van der Waals surface area contributed by atoms with E-state index in [1.54, 1.807) is 6.08 Å². The lowest BCUT2D eigenvalue weighted by molar-refractivity contribution is 0.104. The summed E-state index contributed by atoms with van der Waals surface area (Å²) in [5, 5.41) is 5.69. The fourth-order valence-corrected chi connectivity index (χ4v) is 3.88. The maximum absolute atomic E-state index is 13.1. The van der Waals surface area contributed by atoms with E-state index in [-0.39, 0.29) is 11.3 Å². The van der Waals surface area contributed by atoms with Gasteiger partial charge in [0.2, 0.25) is 0 Å². The van der Waals surface area contributed by atoms with E-state index in [0.29, 0.717) is 0 Å². The number of nitrogens with one attached hydrogen (secondary N) is 1. The molecule has 0 fully saturated rings. The Bertz CT molecular complexity index is 1040. The number of rotatable bonds is 2. The molecule has 130 valence electrons. The summed E-state index contributed by atoms with van der Waals surface area (Å²) in [4.78, 5) is 13.1. The number of carbonyl (C=O) groups excluding carboxylic acids is 1. The van der Waals surface area contributed by atoms with Crippen LogP contribution in [-0.2, 0) is 6.42 Å². The zero-order chi connectivity index (χ0) is 18.3. The number of hydrogen-bond donors (Lipinski definition) is 1. The summed E-state index contributed by atoms with van der Waals surface area (Å²) < 4.78 is 0. The number of allylic oxidation sites excluding steroid dienone is 1. The molecule has 3 aromatic rings. The SMILES string of the molecule is Cc1ccc(C(=O)/C=C2\NC(C)(C)Cc3ccccc32)c2ccccc12. The molecular formula is C24H23NO. The second-order valence-corrected chi connectivity index (χ2v) is 7.74. The molecule has 2 nitrogen and oxygen atoms in total. The first-order valence-corrected chi connectivity index (χ1v) is 9.05. The molecule has 0 radical (unpaired) electrons. The highest BCUT2D eigenvalue weighted by Gasteiger charge is 2.27. The van der Waals surface area contributed by atoms with Gasteiger partial charge in [-0.1, -0.05) is 60.7 Å². The Kier molecular flexibility index (Phi) is 3.91. The van der Waals surface area contributed by atoms with Crippen molar-refractivity contribution in [2.45, 2.75) is 32.7 Å². The molecule has 0 unspecified atom stereocenters. The van der Waals surface area contributed by atoms with E-state index in [2.05, 4.69) is 50.4 Å². The summed E-state index contributed by atoms with van der Waals surface area (Å²) >= 11 is 0. The highest BCUT2D eigenvalue weighted by Crippen LogP contribution is 2.30. The Balaban J connectivity index is 1.82. The Morgan fingerprint density at radius 2 is 1.65 bits per heavy atom. The topological polar surface area (TPSA) is 29.1 Å². The minimum absolute atomic E-state index is 0.0382. The van der Waals surface area contributed by atoms with E-state index in [1.807, 2.05) is 36.4 Å². The van der Waals surface area contributed by atoms with Gasteiger partial charge in [-0.3, -0.25) is 4.79 Å². The van der Waals surface area contributed by atoms with Gasteiger partial charge in [0.05, 0.1) is 0 Å². The third kappa shape index (κ3) is 2.92. The Labute approximate surface area is 154 Å². The van der Waals surface area contributed by atoms with Crippen molar-refractivity contribution in [1.29, 1.82) is 0 Å². The molecule has 0 spiro atoms. The average molecular weight is 341 g/mol. The van der Waals surface area contributed by atoms with Crippen LogP contribution in [0.15, 0.2) is 66.7 Å². The second kappa shape index (κ2) is 6.14. The monoisotopic (exact) mass is 341 g/mol. The van der Waals surface area contributed by atoms with Gasteiger partial charge in [-0.05, 0) is 49.1 Å². The predicted octanol–water partition coefficient (Wildman–Crippen LogP) is 5.30. The predicted molar refractivity (Wildman–Crippen MR) is 108 cm³/mol. The number of benzene rings is 3. The summed E-state index contributed by atoms with van der Waals surface area (Å²) in [7, 11) is 0. The van der Waals surface area contributed by atoms with E-state index in [4.69, 9.17) is 0 Å². The van der Waals surface area contributed by atoms with Gasteiger partial charge >= 0.3 is 0 Å². The number of ketones is 1. The van der Waals surface area contributed by atoms with Crippen LogP contribution in [-0.4, -0.2) is 11.3 Å². The summed E-state index contributed by atoms with van der Waals surface area (Å²) in [5.74, 6) is 0.0382. The average Bonchev–Trinajstić information content (AvgIpc) is 2.61. The van der Waals surface area contributed by atoms with Crippen molar-refractivity contribution in [3.05, 3.63) is 89.0 Å². The lowest BCUT2D eigenvalue weighted by Crippen LogP contribution is -2.43. The van der Waals surface area contributed by atoms with Crippen LogP contribution in [0, 0.1) is 6.92 Å². The summed E-state index contributed by atoms with van der Waals surface area (Å²) in [6, 6.07) is 20.4. The lowest BCUT2D eigenvalue weighted by atomic mass is 9.85. The normalized spacial score (nSPS) is 17.0. The van der Waals surface area contributed by atoms with Gasteiger partial charge in [0.15, 0.2) is 5.78 Å². The molecule has 0 saturated carbocycles. The van der Waals surface area contributed by atoms with E-state index >= 15 is 0 Å². The van der Waals surface area contributed by atoms with Gasteiger partial charge < -0.3 is 5.32 Å². The van der Waals surface area contributed by atoms with Crippen LogP contribution < -0.4 is 5.32 Å². The number of aryl methyl sites for hydroxylation is 1. The van der Waals surface area contributed by atoms with Crippen molar-refractivity contribution in [2.24, 2.45) is 0 Å². The van der Waals surface area contributed by atoms with Crippen LogP contribution in [0.25, 0.3) is 16.5 Å². The molecule has 0 aliphatic carbocycles. The number of fused-ring (bicyclic) bond motifs is 2. The highest BCUT2D eigenvalue weighted by atomic mass is 16.1. The van der Waals surface area contributed by atoms with E-state index < -0.39 is 0 Å². The Hall–Kier alpha value is -2.87. The van der Waals surface area contributed by atoms with Gasteiger partial charge in [0.1, 0.15) is 0 Å². The van der Waals surface area contributed by atoms with Gasteiger partial charge in [0, 0.05) is 28.4 Å². The molecule has 0 amide bonds. The van der Waals surface area contributed by atoms with Crippen molar-refractivity contribution in [2.75, 3.05) is 0 Å². The Morgan fingerprint density at radius 1 is 0.962 bits per heavy atom. The maximum atomic E-state index is 13.1. The number of carbonyl (C=O) groups is 1. The summed E-state index contributed by atoms with van der Waals surface area (Å²) in [6.45, 7) is 6.42. The molecule has 0 bridgehead atoms. The zero-order valence-electron chi connectivity index (χ0n) is 15.5. The molecule has 4 rings (SSSR count). The molecule has 0 saturated heterocycles. The van der Waals surface area contributed by atoms with Crippen LogP contribution in [0.1, 0.15) is 40.9 Å². The van der Waals surface area contributed by atoms with Crippen molar-refractivity contribution in [3.63, 3.8) is 0 Å². The molecule has 3 aromatic carbocycles. The molecular weight excluding hydrogens is 318 g/mol. The van der Waals surface area contributed by atoms with Crippen LogP contribution >= 0.6 is 0 Å². The van der Waals surface area contributed by atoms with Crippen LogP contribution in [0.5, 0.6) is 0 Å². The van der Waals surface area contributed by atoms with Crippen molar-refractivity contribution in [1.82, 2.24) is 5.32 Å². The Morgan fingerprint density at radius 3 is 2.46 bits per heavy atom. The zero-order valence-corrected chi connectivity index (χ0v) is 15.5. The van der Waals surface area contributed by atoms with Crippen molar-refractivity contribution >= 4 is 22.3 Å². The van der Waals surface area contributed by atoms with Crippen molar-refractivity contribution < 1.29 is 4.79 Å². The molecule has 1 N–H and O–H groups in total. The lowest BCUT2D eigenvalue weighted by Gasteiger charge is -2.35. The van der Waals surface area contributed by atoms with Crippen LogP contribution in [0.3, 0.4) is 0 Å². The van der Waals surface area contributed by atoms with E-state index in [1.165, 1.54) is 11.1 Å². The first-order chi connectivity index (χ1) is 12.4. The molecule has 2 heteroatoms. The third-order valence-electron chi connectivity index (χ3n) is 5.10. The van der Waals surface area contributed by atoms with Crippen molar-refractivity contribution in [3.8, 4) is 0 Å². The summed E-state index contributed by atoms with van der Waals surface area (Å²) in [5.41, 5.74) is 5.18. The largest absolute Gasteiger partial charge is 0.379 e. The number of hydrogen-bond acceptors (Lipinski definition) is 2. The first-order valence-electron chi connectivity index (χ1n) is 9.05. The quantitative estimate of drug-likeness (QED) is 0.506. The second-order valence-electron chi connectivity index (χ2n) is 7.74. The molecule has 1 aliphatic rings. The first kappa shape index (κ1) is 16.6. The van der Waals surface area contributed by atoms with Crippen LogP contribution in [0.2, 0.25) is 0 Å². The third-order valence-corrected chi connectivity index (χ3v) is 5.10. The van der Waals surface area contributed by atoms with Crippen LogP contribution in [0.4, 0.5) is 0 Å². The minimum Gasteiger partial charge on any atom is -0.379 e. The minimum atomic E-state index is -0.0736. The standard InChI is InChI=1S/C24H23NO/c1-16-12-13-21(20-11-7-6-9-18(16)20)23(26)14-22-19-10-5-4-8-17(19)15-24(2,3)25-22/h4-14,25H,15H2,1-3H3/b22-14-. The van der Waals surface area contributed by atoms with Gasteiger partial charge in [-0.15, -0.1) is 0 Å². The molecule has 1 aliphatic heterocycles.